The first-order valence-electron chi connectivity index (χ1n) is 8.01. The monoisotopic (exact) mass is 263 g/mol. The Bertz CT molecular complexity index is 432. The zero-order valence-corrected chi connectivity index (χ0v) is 12.0. The van der Waals surface area contributed by atoms with Gasteiger partial charge in [0, 0.05) is 6.42 Å². The smallest absolute Gasteiger partial charge is 0.153 e. The minimum Gasteiger partial charge on any atom is -0.390 e. The summed E-state index contributed by atoms with van der Waals surface area (Å²) in [6, 6.07) is 0. The highest BCUT2D eigenvalue weighted by molar-refractivity contribution is 5.93. The average Bonchev–Trinajstić information content (AvgIpc) is 2.87. The minimum absolute atomic E-state index is 0.119. The van der Waals surface area contributed by atoms with Crippen LogP contribution in [0, 0.1) is 11.3 Å². The Morgan fingerprint density at radius 1 is 1.16 bits per heavy atom. The van der Waals surface area contributed by atoms with Crippen molar-refractivity contribution in [2.45, 2.75) is 69.4 Å². The van der Waals surface area contributed by atoms with Gasteiger partial charge in [-0.3, -0.25) is 9.69 Å². The first-order chi connectivity index (χ1) is 9.00. The number of Topliss-reactive ketones (excluding diaryl/α,β-unsaturated/α-hetero) is 1. The number of carbonyl (C=O) groups excluding carboxylic acids is 1. The number of hydrogen-bond donors (Lipinski definition) is 1. The molecular formula is C16H25NO2. The second-order valence-corrected chi connectivity index (χ2v) is 7.74. The van der Waals surface area contributed by atoms with E-state index in [4.69, 9.17) is 0 Å². The highest BCUT2D eigenvalue weighted by Gasteiger charge is 2.70. The molecule has 0 aromatic carbocycles. The van der Waals surface area contributed by atoms with Gasteiger partial charge in [0.05, 0.1) is 11.1 Å². The number of aliphatic hydroxyl groups is 1. The topological polar surface area (TPSA) is 40.5 Å². The van der Waals surface area contributed by atoms with E-state index in [0.717, 1.165) is 45.2 Å². The van der Waals surface area contributed by atoms with Gasteiger partial charge in [-0.25, -0.2) is 0 Å². The predicted molar refractivity (Wildman–Crippen MR) is 72.8 cm³/mol. The Balaban J connectivity index is 1.80. The molecule has 19 heavy (non-hydrogen) atoms. The van der Waals surface area contributed by atoms with Crippen molar-refractivity contribution in [2.24, 2.45) is 11.3 Å². The van der Waals surface area contributed by atoms with Crippen LogP contribution in [0.4, 0.5) is 0 Å². The zero-order valence-electron chi connectivity index (χ0n) is 12.0. The third-order valence-corrected chi connectivity index (χ3v) is 6.85. The second-order valence-electron chi connectivity index (χ2n) is 7.74. The quantitative estimate of drug-likeness (QED) is 0.728. The van der Waals surface area contributed by atoms with E-state index in [2.05, 4.69) is 4.90 Å². The van der Waals surface area contributed by atoms with Crippen LogP contribution in [0.2, 0.25) is 0 Å². The molecule has 3 nitrogen and oxygen atoms in total. The molecule has 2 aliphatic heterocycles. The zero-order chi connectivity index (χ0) is 13.3. The summed E-state index contributed by atoms with van der Waals surface area (Å²) in [7, 11) is 0. The molecule has 0 aromatic rings. The summed E-state index contributed by atoms with van der Waals surface area (Å²) in [6.07, 6.45) is 8.25. The summed E-state index contributed by atoms with van der Waals surface area (Å²) in [5.41, 5.74) is -0.448. The van der Waals surface area contributed by atoms with Gasteiger partial charge >= 0.3 is 0 Å². The Morgan fingerprint density at radius 2 is 1.89 bits per heavy atom. The number of rotatable bonds is 0. The Kier molecular flexibility index (Phi) is 2.35. The normalized spacial score (nSPS) is 53.8. The average molecular weight is 263 g/mol. The van der Waals surface area contributed by atoms with Crippen LogP contribution in [0.1, 0.15) is 58.3 Å². The lowest BCUT2D eigenvalue weighted by Gasteiger charge is -2.57. The van der Waals surface area contributed by atoms with Crippen LogP contribution in [-0.2, 0) is 4.79 Å². The minimum atomic E-state index is -0.539. The summed E-state index contributed by atoms with van der Waals surface area (Å²) < 4.78 is 0. The first-order valence-corrected chi connectivity index (χ1v) is 8.01. The van der Waals surface area contributed by atoms with Gasteiger partial charge in [-0.15, -0.1) is 0 Å². The van der Waals surface area contributed by atoms with Crippen molar-refractivity contribution in [2.75, 3.05) is 13.1 Å². The van der Waals surface area contributed by atoms with Crippen molar-refractivity contribution in [1.29, 1.82) is 0 Å². The third kappa shape index (κ3) is 1.33. The number of hydrogen-bond acceptors (Lipinski definition) is 3. The van der Waals surface area contributed by atoms with Crippen molar-refractivity contribution < 1.29 is 9.90 Å². The molecule has 0 radical (unpaired) electrons. The molecule has 4 fully saturated rings. The fraction of sp³-hybridized carbons (Fsp3) is 0.938. The van der Waals surface area contributed by atoms with Gasteiger partial charge in [-0.2, -0.15) is 0 Å². The summed E-state index contributed by atoms with van der Waals surface area (Å²) in [4.78, 5) is 15.4. The Morgan fingerprint density at radius 3 is 2.68 bits per heavy atom. The lowest BCUT2D eigenvalue weighted by molar-refractivity contribution is -0.143. The van der Waals surface area contributed by atoms with Gasteiger partial charge in [-0.05, 0) is 76.3 Å². The van der Waals surface area contributed by atoms with E-state index >= 15 is 0 Å². The lowest BCUT2D eigenvalue weighted by atomic mass is 9.54. The lowest BCUT2D eigenvalue weighted by Crippen LogP contribution is -2.63. The number of nitrogens with zero attached hydrogens (tertiary/aromatic N) is 1. The summed E-state index contributed by atoms with van der Waals surface area (Å²) in [6.45, 7) is 4.21. The molecule has 1 N–H and O–H groups in total. The number of carbonyl (C=O) groups is 1. The van der Waals surface area contributed by atoms with E-state index < -0.39 is 5.60 Å². The van der Waals surface area contributed by atoms with E-state index in [1.54, 1.807) is 0 Å². The van der Waals surface area contributed by atoms with E-state index in [1.165, 1.54) is 19.3 Å². The standard InChI is InChI=1S/C16H25NO2/c1-14(19)6-7-15-4-2-8-17-9-3-5-16(15,17)13(18)10-12(15)11-14/h12,19H,2-11H2,1H3/t12-,14+,15-,16-/m0/s1. The van der Waals surface area contributed by atoms with Gasteiger partial charge in [0.15, 0.2) is 5.78 Å². The summed E-state index contributed by atoms with van der Waals surface area (Å²) in [5.74, 6) is 0.942. The van der Waals surface area contributed by atoms with Crippen LogP contribution in [0.25, 0.3) is 0 Å². The molecular weight excluding hydrogens is 238 g/mol. The molecule has 0 amide bonds. The Labute approximate surface area is 115 Å². The highest BCUT2D eigenvalue weighted by atomic mass is 16.3. The highest BCUT2D eigenvalue weighted by Crippen LogP contribution is 2.66. The first kappa shape index (κ1) is 12.3. The van der Waals surface area contributed by atoms with Crippen molar-refractivity contribution in [3.63, 3.8) is 0 Å². The van der Waals surface area contributed by atoms with Crippen LogP contribution >= 0.6 is 0 Å². The molecule has 2 heterocycles. The van der Waals surface area contributed by atoms with Crippen LogP contribution in [0.5, 0.6) is 0 Å². The summed E-state index contributed by atoms with van der Waals surface area (Å²) in [5, 5.41) is 10.4. The molecule has 4 rings (SSSR count). The maximum atomic E-state index is 12.9. The van der Waals surface area contributed by atoms with Crippen LogP contribution in [0.3, 0.4) is 0 Å². The molecule has 2 saturated carbocycles. The second kappa shape index (κ2) is 3.62. The fourth-order valence-electron chi connectivity index (χ4n) is 6.19. The van der Waals surface area contributed by atoms with Crippen molar-refractivity contribution >= 4 is 5.78 Å². The molecule has 2 saturated heterocycles. The maximum absolute atomic E-state index is 12.9. The SMILES string of the molecule is C[C@@]1(O)CC[C@]23CCCN4CCC[C@@]42C(=O)C[C@H]3C1. The molecule has 106 valence electrons. The molecule has 4 atom stereocenters. The molecule has 4 aliphatic rings. The molecule has 0 unspecified atom stereocenters. The van der Waals surface area contributed by atoms with Crippen molar-refractivity contribution in [3.05, 3.63) is 0 Å². The molecule has 0 bridgehead atoms. The molecule has 0 aromatic heterocycles. The Hall–Kier alpha value is -0.410. The molecule has 2 aliphatic carbocycles. The van der Waals surface area contributed by atoms with Crippen molar-refractivity contribution in [3.8, 4) is 0 Å². The molecule has 3 heteroatoms. The van der Waals surface area contributed by atoms with Crippen molar-refractivity contribution in [1.82, 2.24) is 4.90 Å². The van der Waals surface area contributed by atoms with Gasteiger partial charge in [-0.1, -0.05) is 0 Å². The van der Waals surface area contributed by atoms with E-state index in [-0.39, 0.29) is 11.0 Å². The van der Waals surface area contributed by atoms with E-state index in [0.29, 0.717) is 11.7 Å². The number of piperidine rings is 1. The van der Waals surface area contributed by atoms with Gasteiger partial charge in [0.1, 0.15) is 0 Å². The van der Waals surface area contributed by atoms with Gasteiger partial charge in [0.25, 0.3) is 0 Å². The molecule has 2 spiro atoms. The van der Waals surface area contributed by atoms with Crippen LogP contribution in [0.15, 0.2) is 0 Å². The largest absolute Gasteiger partial charge is 0.390 e. The van der Waals surface area contributed by atoms with E-state index in [9.17, 15) is 9.90 Å². The van der Waals surface area contributed by atoms with Gasteiger partial charge < -0.3 is 5.11 Å². The summed E-state index contributed by atoms with van der Waals surface area (Å²) >= 11 is 0. The third-order valence-electron chi connectivity index (χ3n) is 6.85. The van der Waals surface area contributed by atoms with E-state index in [1.807, 2.05) is 6.92 Å². The van der Waals surface area contributed by atoms with Gasteiger partial charge in [0.2, 0.25) is 0 Å². The predicted octanol–water partition coefficient (Wildman–Crippen LogP) is 2.13. The number of ketones is 1. The van der Waals surface area contributed by atoms with Crippen LogP contribution in [-0.4, -0.2) is 40.0 Å². The van der Waals surface area contributed by atoms with Crippen LogP contribution < -0.4 is 0 Å². The fourth-order valence-corrected chi connectivity index (χ4v) is 6.19. The maximum Gasteiger partial charge on any atom is 0.153 e.